The van der Waals surface area contributed by atoms with Crippen molar-refractivity contribution in [3.63, 3.8) is 0 Å². The highest BCUT2D eigenvalue weighted by Gasteiger charge is 2.21. The summed E-state index contributed by atoms with van der Waals surface area (Å²) in [6.07, 6.45) is 3.91. The van der Waals surface area contributed by atoms with E-state index in [4.69, 9.17) is 21.1 Å². The number of ether oxygens (including phenoxy) is 2. The Kier molecular flexibility index (Phi) is 6.30. The molecule has 3 aromatic rings. The average Bonchev–Trinajstić information content (AvgIpc) is 3.25. The molecule has 0 fully saturated rings. The Morgan fingerprint density at radius 2 is 2.12 bits per heavy atom. The summed E-state index contributed by atoms with van der Waals surface area (Å²) in [4.78, 5) is 34.4. The number of thioether (sulfide) groups is 1. The van der Waals surface area contributed by atoms with Crippen molar-refractivity contribution in [2.24, 2.45) is 0 Å². The predicted molar refractivity (Wildman–Crippen MR) is 127 cm³/mol. The Morgan fingerprint density at radius 1 is 1.25 bits per heavy atom. The van der Waals surface area contributed by atoms with Crippen LogP contribution in [-0.4, -0.2) is 34.8 Å². The molecule has 5 rings (SSSR count). The zero-order chi connectivity index (χ0) is 22.1. The van der Waals surface area contributed by atoms with Crippen LogP contribution in [0.3, 0.4) is 0 Å². The molecule has 1 aliphatic carbocycles. The summed E-state index contributed by atoms with van der Waals surface area (Å²) in [7, 11) is 0. The van der Waals surface area contributed by atoms with Gasteiger partial charge in [0, 0.05) is 17.8 Å². The highest BCUT2D eigenvalue weighted by molar-refractivity contribution is 7.99. The molecular formula is C22H22ClN3O4S2. The van der Waals surface area contributed by atoms with Gasteiger partial charge in [-0.25, -0.2) is 4.98 Å². The van der Waals surface area contributed by atoms with Crippen LogP contribution in [0.25, 0.3) is 10.2 Å². The van der Waals surface area contributed by atoms with Crippen LogP contribution in [0.1, 0.15) is 34.7 Å². The Bertz CT molecular complexity index is 1240. The van der Waals surface area contributed by atoms with Gasteiger partial charge in [0.2, 0.25) is 5.91 Å². The Hall–Kier alpha value is -2.23. The zero-order valence-corrected chi connectivity index (χ0v) is 19.7. The van der Waals surface area contributed by atoms with Crippen molar-refractivity contribution < 1.29 is 14.3 Å². The molecule has 10 heteroatoms. The van der Waals surface area contributed by atoms with Gasteiger partial charge in [-0.3, -0.25) is 9.59 Å². The van der Waals surface area contributed by atoms with E-state index in [0.717, 1.165) is 41.5 Å². The Labute approximate surface area is 197 Å². The van der Waals surface area contributed by atoms with E-state index < -0.39 is 0 Å². The Balaban J connectivity index is 1.15. The number of rotatable bonds is 6. The first-order valence-electron chi connectivity index (χ1n) is 10.5. The van der Waals surface area contributed by atoms with E-state index in [1.165, 1.54) is 22.2 Å². The number of hydrogen-bond acceptors (Lipinski definition) is 7. The molecule has 1 aliphatic heterocycles. The van der Waals surface area contributed by atoms with E-state index in [1.54, 1.807) is 17.4 Å². The van der Waals surface area contributed by atoms with Crippen molar-refractivity contribution in [1.29, 1.82) is 0 Å². The summed E-state index contributed by atoms with van der Waals surface area (Å²) in [5.41, 5.74) is 1.95. The number of amides is 1. The standard InChI is InChI=1S/C22H22ClN3O4S2/c23-14-7-12(8-15-20(14)30-6-2-5-29-15)9-24-18(27)11-31-10-17-25-21(28)19-13-3-1-4-16(13)32-22(19)26-17/h7-8H,1-6,9-11H2,(H,24,27)(H,25,26,28). The summed E-state index contributed by atoms with van der Waals surface area (Å²) in [6, 6.07) is 3.63. The van der Waals surface area contributed by atoms with Gasteiger partial charge in [0.05, 0.1) is 35.1 Å². The minimum absolute atomic E-state index is 0.0688. The van der Waals surface area contributed by atoms with Crippen molar-refractivity contribution >= 4 is 50.8 Å². The van der Waals surface area contributed by atoms with Gasteiger partial charge in [-0.15, -0.1) is 23.1 Å². The third-order valence-electron chi connectivity index (χ3n) is 5.45. The molecule has 1 amide bonds. The van der Waals surface area contributed by atoms with E-state index >= 15 is 0 Å². The smallest absolute Gasteiger partial charge is 0.259 e. The van der Waals surface area contributed by atoms with Gasteiger partial charge in [0.15, 0.2) is 11.5 Å². The van der Waals surface area contributed by atoms with E-state index in [2.05, 4.69) is 15.3 Å². The molecule has 0 saturated carbocycles. The first-order valence-corrected chi connectivity index (χ1v) is 12.9. The third-order valence-corrected chi connectivity index (χ3v) is 7.86. The number of nitrogens with zero attached hydrogens (tertiary/aromatic N) is 1. The first-order chi connectivity index (χ1) is 15.6. The number of halogens is 1. The molecule has 7 nitrogen and oxygen atoms in total. The molecule has 0 radical (unpaired) electrons. The number of carbonyl (C=O) groups is 1. The van der Waals surface area contributed by atoms with Gasteiger partial charge in [-0.2, -0.15) is 0 Å². The van der Waals surface area contributed by atoms with Crippen molar-refractivity contribution in [1.82, 2.24) is 15.3 Å². The summed E-state index contributed by atoms with van der Waals surface area (Å²) in [5.74, 6) is 2.41. The fourth-order valence-corrected chi connectivity index (χ4v) is 6.28. The van der Waals surface area contributed by atoms with Crippen LogP contribution in [0.2, 0.25) is 5.02 Å². The highest BCUT2D eigenvalue weighted by atomic mass is 35.5. The second-order valence-electron chi connectivity index (χ2n) is 7.78. The number of hydrogen-bond donors (Lipinski definition) is 2. The molecule has 0 saturated heterocycles. The maximum absolute atomic E-state index is 12.5. The number of aromatic nitrogens is 2. The zero-order valence-electron chi connectivity index (χ0n) is 17.3. The number of thiophene rings is 1. The molecule has 0 spiro atoms. The lowest BCUT2D eigenvalue weighted by Gasteiger charge is -2.12. The normalized spacial score (nSPS) is 14.9. The molecular weight excluding hydrogens is 470 g/mol. The highest BCUT2D eigenvalue weighted by Crippen LogP contribution is 2.38. The molecule has 3 heterocycles. The van der Waals surface area contributed by atoms with E-state index in [-0.39, 0.29) is 17.2 Å². The van der Waals surface area contributed by atoms with Crippen LogP contribution in [0.5, 0.6) is 11.5 Å². The van der Waals surface area contributed by atoms with Crippen molar-refractivity contribution in [3.8, 4) is 11.5 Å². The summed E-state index contributed by atoms with van der Waals surface area (Å²) in [6.45, 7) is 1.49. The fraction of sp³-hybridized carbons (Fsp3) is 0.409. The molecule has 32 heavy (non-hydrogen) atoms. The number of fused-ring (bicyclic) bond motifs is 4. The summed E-state index contributed by atoms with van der Waals surface area (Å²) < 4.78 is 11.3. The average molecular weight is 492 g/mol. The summed E-state index contributed by atoms with van der Waals surface area (Å²) >= 11 is 9.35. The molecule has 2 aliphatic rings. The van der Waals surface area contributed by atoms with Crippen molar-refractivity contribution in [2.75, 3.05) is 19.0 Å². The van der Waals surface area contributed by atoms with E-state index in [0.29, 0.717) is 47.9 Å². The second-order valence-corrected chi connectivity index (χ2v) is 10.3. The SMILES string of the molecule is O=C(CSCc1nc2sc3c(c2c(=O)[nH]1)CCC3)NCc1cc(Cl)c2c(c1)OCCCO2. The second kappa shape index (κ2) is 9.33. The van der Waals surface area contributed by atoms with Gasteiger partial charge >= 0.3 is 0 Å². The van der Waals surface area contributed by atoms with Gasteiger partial charge in [0.25, 0.3) is 5.56 Å². The van der Waals surface area contributed by atoms with Gasteiger partial charge in [-0.1, -0.05) is 11.6 Å². The minimum Gasteiger partial charge on any atom is -0.489 e. The maximum Gasteiger partial charge on any atom is 0.259 e. The number of carbonyl (C=O) groups excluding carboxylic acids is 1. The number of aryl methyl sites for hydroxylation is 2. The monoisotopic (exact) mass is 491 g/mol. The third kappa shape index (κ3) is 4.46. The number of nitrogens with one attached hydrogen (secondary N) is 2. The van der Waals surface area contributed by atoms with Crippen LogP contribution in [0.4, 0.5) is 0 Å². The largest absolute Gasteiger partial charge is 0.489 e. The maximum atomic E-state index is 12.5. The fourth-order valence-electron chi connectivity index (χ4n) is 3.99. The van der Waals surface area contributed by atoms with E-state index in [9.17, 15) is 9.59 Å². The van der Waals surface area contributed by atoms with Gasteiger partial charge in [0.1, 0.15) is 10.7 Å². The number of benzene rings is 1. The van der Waals surface area contributed by atoms with Crippen LogP contribution >= 0.6 is 34.7 Å². The van der Waals surface area contributed by atoms with Gasteiger partial charge < -0.3 is 19.8 Å². The molecule has 0 unspecified atom stereocenters. The molecule has 2 aromatic heterocycles. The first kappa shape index (κ1) is 21.6. The lowest BCUT2D eigenvalue weighted by atomic mass is 10.2. The lowest BCUT2D eigenvalue weighted by molar-refractivity contribution is -0.118. The predicted octanol–water partition coefficient (Wildman–Crippen LogP) is 3.84. The van der Waals surface area contributed by atoms with Crippen LogP contribution in [0, 0.1) is 0 Å². The van der Waals surface area contributed by atoms with Crippen LogP contribution < -0.4 is 20.3 Å². The van der Waals surface area contributed by atoms with E-state index in [1.807, 2.05) is 6.07 Å². The topological polar surface area (TPSA) is 93.3 Å². The van der Waals surface area contributed by atoms with Crippen LogP contribution in [0.15, 0.2) is 16.9 Å². The van der Waals surface area contributed by atoms with Crippen molar-refractivity contribution in [3.05, 3.63) is 49.3 Å². The molecule has 2 N–H and O–H groups in total. The van der Waals surface area contributed by atoms with Crippen molar-refractivity contribution in [2.45, 2.75) is 38.0 Å². The molecule has 0 bridgehead atoms. The van der Waals surface area contributed by atoms with Crippen LogP contribution in [-0.2, 0) is 29.9 Å². The number of H-pyrrole nitrogens is 1. The minimum atomic E-state index is -0.100. The number of aromatic amines is 1. The lowest BCUT2D eigenvalue weighted by Crippen LogP contribution is -2.24. The molecule has 0 atom stereocenters. The summed E-state index contributed by atoms with van der Waals surface area (Å²) in [5, 5.41) is 4.13. The van der Waals surface area contributed by atoms with Gasteiger partial charge in [-0.05, 0) is 42.5 Å². The molecule has 168 valence electrons. The quantitative estimate of drug-likeness (QED) is 0.544. The Morgan fingerprint density at radius 3 is 3.03 bits per heavy atom. The molecule has 1 aromatic carbocycles.